The van der Waals surface area contributed by atoms with Gasteiger partial charge in [-0.25, -0.2) is 4.98 Å². The van der Waals surface area contributed by atoms with Crippen LogP contribution in [0.1, 0.15) is 59.0 Å². The van der Waals surface area contributed by atoms with Gasteiger partial charge in [0.05, 0.1) is 6.20 Å². The van der Waals surface area contributed by atoms with Crippen molar-refractivity contribution in [2.75, 3.05) is 13.1 Å². The molecule has 0 aliphatic carbocycles. The van der Waals surface area contributed by atoms with Crippen LogP contribution in [-0.2, 0) is 0 Å². The normalized spacial score (nSPS) is 15.1. The van der Waals surface area contributed by atoms with E-state index in [1.165, 1.54) is 18.0 Å². The lowest BCUT2D eigenvalue weighted by Crippen LogP contribution is -2.46. The van der Waals surface area contributed by atoms with Gasteiger partial charge in [-0.2, -0.15) is 0 Å². The third-order valence-electron chi connectivity index (χ3n) is 4.74. The fourth-order valence-electron chi connectivity index (χ4n) is 3.09. The van der Waals surface area contributed by atoms with E-state index in [1.54, 1.807) is 11.1 Å². The molecule has 3 rings (SSSR count). The van der Waals surface area contributed by atoms with Crippen LogP contribution in [0.25, 0.3) is 0 Å². The van der Waals surface area contributed by atoms with Crippen LogP contribution < -0.4 is 5.32 Å². The SMILES string of the molecule is CC(C)c1ccc(C(=O)NC2CCN(C(=O)c3cnccn3)CC2)cc1. The smallest absolute Gasteiger partial charge is 0.274 e. The number of nitrogens with one attached hydrogen (secondary N) is 1. The summed E-state index contributed by atoms with van der Waals surface area (Å²) in [4.78, 5) is 34.6. The van der Waals surface area contributed by atoms with Crippen LogP contribution in [0.5, 0.6) is 0 Å². The van der Waals surface area contributed by atoms with E-state index < -0.39 is 0 Å². The minimum atomic E-state index is -0.104. The molecule has 0 atom stereocenters. The number of hydrogen-bond acceptors (Lipinski definition) is 4. The summed E-state index contributed by atoms with van der Waals surface area (Å²) in [5, 5.41) is 3.08. The van der Waals surface area contributed by atoms with Crippen LogP contribution in [0.2, 0.25) is 0 Å². The molecule has 0 saturated carbocycles. The van der Waals surface area contributed by atoms with Crippen molar-refractivity contribution in [2.24, 2.45) is 0 Å². The molecule has 0 spiro atoms. The van der Waals surface area contributed by atoms with Crippen LogP contribution in [0.4, 0.5) is 0 Å². The van der Waals surface area contributed by atoms with Crippen LogP contribution in [-0.4, -0.2) is 45.8 Å². The van der Waals surface area contributed by atoms with Gasteiger partial charge >= 0.3 is 0 Å². The molecule has 0 unspecified atom stereocenters. The molecule has 1 aromatic carbocycles. The molecule has 6 heteroatoms. The first-order chi connectivity index (χ1) is 12.5. The molecule has 0 bridgehead atoms. The van der Waals surface area contributed by atoms with Crippen LogP contribution >= 0.6 is 0 Å². The molecular weight excluding hydrogens is 328 g/mol. The minimum absolute atomic E-state index is 0.0565. The fraction of sp³-hybridized carbons (Fsp3) is 0.400. The summed E-state index contributed by atoms with van der Waals surface area (Å²) in [5.74, 6) is 0.287. The minimum Gasteiger partial charge on any atom is -0.349 e. The van der Waals surface area contributed by atoms with Gasteiger partial charge in [-0.15, -0.1) is 0 Å². The van der Waals surface area contributed by atoms with Crippen LogP contribution in [0, 0.1) is 0 Å². The predicted octanol–water partition coefficient (Wildman–Crippen LogP) is 2.63. The standard InChI is InChI=1S/C20H24N4O2/c1-14(2)15-3-5-16(6-4-15)19(25)23-17-7-11-24(12-8-17)20(26)18-13-21-9-10-22-18/h3-6,9-10,13-14,17H,7-8,11-12H2,1-2H3,(H,23,25). The number of likely N-dealkylation sites (tertiary alicyclic amines) is 1. The Morgan fingerprint density at radius 3 is 2.38 bits per heavy atom. The number of carbonyl (C=O) groups is 2. The van der Waals surface area contributed by atoms with Crippen molar-refractivity contribution in [3.05, 3.63) is 59.7 Å². The lowest BCUT2D eigenvalue weighted by Gasteiger charge is -2.32. The number of benzene rings is 1. The molecule has 1 fully saturated rings. The number of amides is 2. The fourth-order valence-corrected chi connectivity index (χ4v) is 3.09. The average Bonchev–Trinajstić information content (AvgIpc) is 2.68. The zero-order valence-electron chi connectivity index (χ0n) is 15.2. The molecule has 2 aromatic rings. The van der Waals surface area contributed by atoms with Crippen LogP contribution in [0.15, 0.2) is 42.9 Å². The van der Waals surface area contributed by atoms with E-state index >= 15 is 0 Å². The number of hydrogen-bond donors (Lipinski definition) is 1. The number of piperidine rings is 1. The van der Waals surface area contributed by atoms with Gasteiger partial charge in [-0.1, -0.05) is 26.0 Å². The second-order valence-corrected chi connectivity index (χ2v) is 6.91. The molecule has 2 heterocycles. The lowest BCUT2D eigenvalue weighted by atomic mass is 10.0. The Hall–Kier alpha value is -2.76. The van der Waals surface area contributed by atoms with Crippen molar-refractivity contribution in [3.8, 4) is 0 Å². The van der Waals surface area contributed by atoms with Crippen molar-refractivity contribution in [2.45, 2.75) is 38.6 Å². The van der Waals surface area contributed by atoms with Gasteiger partial charge in [-0.05, 0) is 36.5 Å². The third-order valence-corrected chi connectivity index (χ3v) is 4.74. The Balaban J connectivity index is 1.52. The lowest BCUT2D eigenvalue weighted by molar-refractivity contribution is 0.0692. The Labute approximate surface area is 153 Å². The summed E-state index contributed by atoms with van der Waals surface area (Å²) in [6, 6.07) is 7.83. The largest absolute Gasteiger partial charge is 0.349 e. The van der Waals surface area contributed by atoms with Crippen LogP contribution in [0.3, 0.4) is 0 Å². The highest BCUT2D eigenvalue weighted by molar-refractivity contribution is 5.94. The molecule has 1 aliphatic heterocycles. The molecular formula is C20H24N4O2. The second kappa shape index (κ2) is 8.08. The quantitative estimate of drug-likeness (QED) is 0.918. The van der Waals surface area contributed by atoms with Gasteiger partial charge in [-0.3, -0.25) is 14.6 Å². The van der Waals surface area contributed by atoms with Crippen molar-refractivity contribution in [1.29, 1.82) is 0 Å². The van der Waals surface area contributed by atoms with Gasteiger partial charge in [0.15, 0.2) is 0 Å². The van der Waals surface area contributed by atoms with E-state index in [0.717, 1.165) is 12.8 Å². The third kappa shape index (κ3) is 4.25. The summed E-state index contributed by atoms with van der Waals surface area (Å²) in [6.07, 6.45) is 6.03. The number of carbonyl (C=O) groups excluding carboxylic acids is 2. The Morgan fingerprint density at radius 1 is 1.12 bits per heavy atom. The first-order valence-corrected chi connectivity index (χ1v) is 9.00. The summed E-state index contributed by atoms with van der Waals surface area (Å²) in [6.45, 7) is 5.47. The summed E-state index contributed by atoms with van der Waals surface area (Å²) < 4.78 is 0. The maximum atomic E-state index is 12.4. The molecule has 1 aliphatic rings. The molecule has 0 radical (unpaired) electrons. The van der Waals surface area contributed by atoms with E-state index in [4.69, 9.17) is 0 Å². The molecule has 2 amide bonds. The van der Waals surface area contributed by atoms with Gasteiger partial charge in [0.25, 0.3) is 11.8 Å². The zero-order valence-corrected chi connectivity index (χ0v) is 15.2. The molecule has 136 valence electrons. The summed E-state index contributed by atoms with van der Waals surface area (Å²) in [7, 11) is 0. The van der Waals surface area contributed by atoms with E-state index in [2.05, 4.69) is 29.1 Å². The Kier molecular flexibility index (Phi) is 5.61. The van der Waals surface area contributed by atoms with E-state index in [-0.39, 0.29) is 17.9 Å². The zero-order chi connectivity index (χ0) is 18.5. The summed E-state index contributed by atoms with van der Waals surface area (Å²) in [5.41, 5.74) is 2.25. The molecule has 1 aromatic heterocycles. The van der Waals surface area contributed by atoms with Gasteiger partial charge in [0, 0.05) is 37.1 Å². The highest BCUT2D eigenvalue weighted by Crippen LogP contribution is 2.16. The number of rotatable bonds is 4. The monoisotopic (exact) mass is 352 g/mol. The van der Waals surface area contributed by atoms with Gasteiger partial charge in [0.2, 0.25) is 0 Å². The summed E-state index contributed by atoms with van der Waals surface area (Å²) >= 11 is 0. The van der Waals surface area contributed by atoms with Crippen molar-refractivity contribution in [1.82, 2.24) is 20.2 Å². The molecule has 1 N–H and O–H groups in total. The van der Waals surface area contributed by atoms with E-state index in [0.29, 0.717) is 30.3 Å². The topological polar surface area (TPSA) is 75.2 Å². The number of nitrogens with zero attached hydrogens (tertiary/aromatic N) is 3. The van der Waals surface area contributed by atoms with Gasteiger partial charge in [0.1, 0.15) is 5.69 Å². The molecule has 6 nitrogen and oxygen atoms in total. The maximum absolute atomic E-state index is 12.4. The van der Waals surface area contributed by atoms with E-state index in [9.17, 15) is 9.59 Å². The highest BCUT2D eigenvalue weighted by atomic mass is 16.2. The maximum Gasteiger partial charge on any atom is 0.274 e. The molecule has 1 saturated heterocycles. The average molecular weight is 352 g/mol. The van der Waals surface area contributed by atoms with Crippen molar-refractivity contribution < 1.29 is 9.59 Å². The van der Waals surface area contributed by atoms with Gasteiger partial charge < -0.3 is 10.2 Å². The van der Waals surface area contributed by atoms with E-state index in [1.807, 2.05) is 24.3 Å². The first kappa shape index (κ1) is 18.0. The Morgan fingerprint density at radius 2 is 1.81 bits per heavy atom. The second-order valence-electron chi connectivity index (χ2n) is 6.91. The molecule has 26 heavy (non-hydrogen) atoms. The number of aromatic nitrogens is 2. The highest BCUT2D eigenvalue weighted by Gasteiger charge is 2.25. The Bertz CT molecular complexity index is 751. The first-order valence-electron chi connectivity index (χ1n) is 9.00. The van der Waals surface area contributed by atoms with Crippen molar-refractivity contribution in [3.63, 3.8) is 0 Å². The van der Waals surface area contributed by atoms with Crippen molar-refractivity contribution >= 4 is 11.8 Å². The predicted molar refractivity (Wildman–Crippen MR) is 99.0 cm³/mol.